The molecule has 0 aromatic carbocycles. The lowest BCUT2D eigenvalue weighted by Gasteiger charge is -2.55. The molecule has 7 N–H and O–H groups in total. The van der Waals surface area contributed by atoms with E-state index in [1.807, 2.05) is 0 Å². The van der Waals surface area contributed by atoms with Crippen molar-refractivity contribution >= 4 is 16.2 Å². The minimum absolute atomic E-state index is 0.00220. The molecule has 0 aromatic rings. The zero-order chi connectivity index (χ0) is 21.4. The maximum Gasteiger partial charge on any atom is 0.394 e. The second kappa shape index (κ2) is 8.53. The Morgan fingerprint density at radius 1 is 1.04 bits per heavy atom. The van der Waals surface area contributed by atoms with Gasteiger partial charge in [-0.2, -0.15) is 8.42 Å². The molecular weight excluding hydrogens is 404 g/mol. The zero-order valence-electron chi connectivity index (χ0n) is 15.4. The predicted octanol–water partition coefficient (Wildman–Crippen LogP) is -3.58. The predicted molar refractivity (Wildman–Crippen MR) is 90.5 cm³/mol. The molecule has 2 heterocycles. The summed E-state index contributed by atoms with van der Waals surface area (Å²) in [5.74, 6) is -2.76. The number of hydrogen-bond donors (Lipinski definition) is 7. The number of likely N-dealkylation sites (N-methyl/N-ethyl adjacent to an activating group) is 2. The van der Waals surface area contributed by atoms with Crippen molar-refractivity contribution in [1.29, 1.82) is 0 Å². The van der Waals surface area contributed by atoms with Crippen LogP contribution in [-0.4, -0.2) is 107 Å². The van der Waals surface area contributed by atoms with Crippen LogP contribution in [0.1, 0.15) is 13.3 Å². The van der Waals surface area contributed by atoms with E-state index >= 15 is 0 Å². The van der Waals surface area contributed by atoms with Crippen molar-refractivity contribution in [3.05, 3.63) is 0 Å². The third kappa shape index (κ3) is 4.68. The molecule has 9 atom stereocenters. The van der Waals surface area contributed by atoms with Crippen LogP contribution in [0.5, 0.6) is 0 Å². The molecule has 0 bridgehead atoms. The fraction of sp³-hybridized carbons (Fsp3) is 0.929. The van der Waals surface area contributed by atoms with Crippen molar-refractivity contribution in [1.82, 2.24) is 10.6 Å². The van der Waals surface area contributed by atoms with Crippen LogP contribution in [0, 0.1) is 0 Å². The molecule has 28 heavy (non-hydrogen) atoms. The van der Waals surface area contributed by atoms with Gasteiger partial charge in [0.15, 0.2) is 5.78 Å². The molecule has 13 nitrogen and oxygen atoms in total. The lowest BCUT2D eigenvalue weighted by molar-refractivity contribution is -0.420. The van der Waals surface area contributed by atoms with Crippen LogP contribution in [0.3, 0.4) is 0 Å². The van der Waals surface area contributed by atoms with E-state index in [2.05, 4.69) is 10.6 Å². The lowest BCUT2D eigenvalue weighted by Crippen LogP contribution is -2.77. The zero-order valence-corrected chi connectivity index (χ0v) is 16.2. The average molecular weight is 430 g/mol. The van der Waals surface area contributed by atoms with Crippen LogP contribution in [0.2, 0.25) is 0 Å². The van der Waals surface area contributed by atoms with Crippen LogP contribution in [0.4, 0.5) is 0 Å². The highest BCUT2D eigenvalue weighted by atomic mass is 32.3. The maximum absolute atomic E-state index is 12.2. The van der Waals surface area contributed by atoms with Crippen molar-refractivity contribution in [2.24, 2.45) is 0 Å². The second-order valence-electron chi connectivity index (χ2n) is 6.84. The molecule has 3 aliphatic rings. The van der Waals surface area contributed by atoms with Crippen LogP contribution < -0.4 is 10.6 Å². The molecule has 0 aromatic heterocycles. The highest BCUT2D eigenvalue weighted by Crippen LogP contribution is 2.40. The standard InChI is InChI=1S/C14H24N2O7.H2O4S/c1-5-4-6(17)14(20)13(21-5)22-12-10(19)7(15-2)9(18)8(16-3)11(12)23-14;1-5(2,3)4/h5,7-13,15-16,18-20H,4H2,1-3H3;(H2,1,2,3,4). The van der Waals surface area contributed by atoms with E-state index in [1.165, 1.54) is 0 Å². The fourth-order valence-electron chi connectivity index (χ4n) is 3.68. The quantitative estimate of drug-likeness (QED) is 0.212. The largest absolute Gasteiger partial charge is 0.394 e. The van der Waals surface area contributed by atoms with Gasteiger partial charge in [-0.1, -0.05) is 0 Å². The Bertz CT molecular complexity index is 668. The van der Waals surface area contributed by atoms with Crippen LogP contribution >= 0.6 is 0 Å². The summed E-state index contributed by atoms with van der Waals surface area (Å²) in [6.07, 6.45) is -5.58. The highest BCUT2D eigenvalue weighted by molar-refractivity contribution is 7.79. The highest BCUT2D eigenvalue weighted by Gasteiger charge is 2.63. The summed E-state index contributed by atoms with van der Waals surface area (Å²) in [6.45, 7) is 1.70. The molecule has 14 heteroatoms. The van der Waals surface area contributed by atoms with Gasteiger partial charge in [-0.25, -0.2) is 0 Å². The Hall–Kier alpha value is -0.780. The number of ether oxygens (including phenoxy) is 3. The molecule has 2 saturated heterocycles. The van der Waals surface area contributed by atoms with E-state index in [4.69, 9.17) is 31.7 Å². The summed E-state index contributed by atoms with van der Waals surface area (Å²) in [4.78, 5) is 12.2. The molecule has 9 unspecified atom stereocenters. The number of fused-ring (bicyclic) bond motifs is 2. The van der Waals surface area contributed by atoms with Gasteiger partial charge in [0, 0.05) is 6.42 Å². The van der Waals surface area contributed by atoms with E-state index in [0.717, 1.165) is 0 Å². The first-order valence-electron chi connectivity index (χ1n) is 8.48. The smallest absolute Gasteiger partial charge is 0.390 e. The van der Waals surface area contributed by atoms with E-state index in [9.17, 15) is 20.1 Å². The van der Waals surface area contributed by atoms with Crippen molar-refractivity contribution < 1.29 is 51.8 Å². The molecule has 3 rings (SSSR count). The monoisotopic (exact) mass is 430 g/mol. The molecule has 0 amide bonds. The Morgan fingerprint density at radius 3 is 2.07 bits per heavy atom. The molecule has 1 aliphatic carbocycles. The third-order valence-corrected chi connectivity index (χ3v) is 4.93. The van der Waals surface area contributed by atoms with Gasteiger partial charge in [0.05, 0.1) is 24.3 Å². The van der Waals surface area contributed by atoms with Crippen molar-refractivity contribution in [2.45, 2.75) is 68.0 Å². The SMILES string of the molecule is CNC1C(O)C(NC)C2OC3(O)C(=O)CC(C)OC3OC2C1O.O=S(=O)(O)O. The molecule has 3 fully saturated rings. The molecule has 164 valence electrons. The lowest BCUT2D eigenvalue weighted by atomic mass is 9.80. The van der Waals surface area contributed by atoms with Gasteiger partial charge >= 0.3 is 10.4 Å². The normalized spacial score (nSPS) is 46.1. The van der Waals surface area contributed by atoms with Gasteiger partial charge < -0.3 is 40.2 Å². The summed E-state index contributed by atoms with van der Waals surface area (Å²) in [6, 6.07) is -1.29. The van der Waals surface area contributed by atoms with Gasteiger partial charge in [-0.15, -0.1) is 0 Å². The van der Waals surface area contributed by atoms with Gasteiger partial charge in [-0.3, -0.25) is 13.9 Å². The molecule has 2 aliphatic heterocycles. The van der Waals surface area contributed by atoms with Crippen molar-refractivity contribution in [2.75, 3.05) is 14.1 Å². The Kier molecular flexibility index (Phi) is 7.16. The topological polar surface area (TPSA) is 204 Å². The number of Topliss-reactive ketones (excluding diaryl/α,β-unsaturated/α-hetero) is 1. The number of carbonyl (C=O) groups is 1. The van der Waals surface area contributed by atoms with E-state index in [1.54, 1.807) is 21.0 Å². The number of carbonyl (C=O) groups excluding carboxylic acids is 1. The van der Waals surface area contributed by atoms with Crippen LogP contribution in [0.15, 0.2) is 0 Å². The number of nitrogens with one attached hydrogen (secondary N) is 2. The summed E-state index contributed by atoms with van der Waals surface area (Å²) in [5.41, 5.74) is 0. The summed E-state index contributed by atoms with van der Waals surface area (Å²) < 4.78 is 48.4. The first-order chi connectivity index (χ1) is 12.8. The third-order valence-electron chi connectivity index (χ3n) is 4.93. The van der Waals surface area contributed by atoms with Crippen LogP contribution in [0.25, 0.3) is 0 Å². The first kappa shape index (κ1) is 23.5. The maximum atomic E-state index is 12.2. The van der Waals surface area contributed by atoms with E-state index in [-0.39, 0.29) is 6.42 Å². The van der Waals surface area contributed by atoms with Gasteiger partial charge in [0.25, 0.3) is 5.79 Å². The average Bonchev–Trinajstić information content (AvgIpc) is 2.55. The fourth-order valence-corrected chi connectivity index (χ4v) is 3.68. The van der Waals surface area contributed by atoms with Gasteiger partial charge in [0.1, 0.15) is 18.3 Å². The molecular formula is C14H26N2O11S. The summed E-state index contributed by atoms with van der Waals surface area (Å²) >= 11 is 0. The number of hydrogen-bond acceptors (Lipinski definition) is 11. The molecule has 0 spiro atoms. The molecule has 0 radical (unpaired) electrons. The summed E-state index contributed by atoms with van der Waals surface area (Å²) in [7, 11) is -1.43. The van der Waals surface area contributed by atoms with Gasteiger partial charge in [-0.05, 0) is 21.0 Å². The minimum atomic E-state index is -4.67. The van der Waals surface area contributed by atoms with E-state index in [0.29, 0.717) is 0 Å². The van der Waals surface area contributed by atoms with Crippen molar-refractivity contribution in [3.8, 4) is 0 Å². The van der Waals surface area contributed by atoms with Gasteiger partial charge in [0.2, 0.25) is 6.29 Å². The Labute approximate surface area is 161 Å². The Balaban J connectivity index is 0.000000500. The Morgan fingerprint density at radius 2 is 1.57 bits per heavy atom. The minimum Gasteiger partial charge on any atom is -0.390 e. The van der Waals surface area contributed by atoms with E-state index < -0.39 is 70.9 Å². The summed E-state index contributed by atoms with van der Waals surface area (Å²) in [5, 5.41) is 37.2. The number of aliphatic hydroxyl groups excluding tert-OH is 2. The molecule has 1 saturated carbocycles. The number of rotatable bonds is 2. The van der Waals surface area contributed by atoms with Crippen LogP contribution in [-0.2, 0) is 29.4 Å². The number of ketones is 1. The second-order valence-corrected chi connectivity index (χ2v) is 7.74. The van der Waals surface area contributed by atoms with Crippen molar-refractivity contribution in [3.63, 3.8) is 0 Å². The first-order valence-corrected chi connectivity index (χ1v) is 9.88. The number of aliphatic hydroxyl groups is 3.